The molecule has 1 aliphatic rings. The van der Waals surface area contributed by atoms with Crippen molar-refractivity contribution < 1.29 is 5.21 Å². The molecule has 5 nitrogen and oxygen atoms in total. The molecule has 0 amide bonds. The van der Waals surface area contributed by atoms with E-state index in [-0.39, 0.29) is 5.84 Å². The minimum Gasteiger partial charge on any atom is -0.409 e. The van der Waals surface area contributed by atoms with Crippen LogP contribution < -0.4 is 10.6 Å². The Balaban J connectivity index is 2.13. The molecule has 0 radical (unpaired) electrons. The fourth-order valence-corrected chi connectivity index (χ4v) is 3.43. The van der Waals surface area contributed by atoms with Crippen LogP contribution in [-0.4, -0.2) is 40.6 Å². The monoisotopic (exact) mass is 302 g/mol. The Bertz CT molecular complexity index is 666. The summed E-state index contributed by atoms with van der Waals surface area (Å²) in [6.45, 7) is 1.88. The van der Waals surface area contributed by atoms with E-state index in [1.165, 1.54) is 5.75 Å². The average Bonchev–Trinajstić information content (AvgIpc) is 2.82. The second kappa shape index (κ2) is 6.22. The van der Waals surface area contributed by atoms with Gasteiger partial charge in [0.2, 0.25) is 0 Å². The Labute approximate surface area is 127 Å². The summed E-state index contributed by atoms with van der Waals surface area (Å²) in [4.78, 5) is 6.99. The summed E-state index contributed by atoms with van der Waals surface area (Å²) in [7, 11) is 0. The van der Waals surface area contributed by atoms with Crippen LogP contribution in [0.2, 0.25) is 0 Å². The van der Waals surface area contributed by atoms with Crippen molar-refractivity contribution in [2.24, 2.45) is 10.9 Å². The number of benzene rings is 1. The number of rotatable bonds is 2. The molecule has 110 valence electrons. The van der Waals surface area contributed by atoms with Crippen LogP contribution in [0.4, 0.5) is 5.82 Å². The lowest BCUT2D eigenvalue weighted by atomic mass is 10.1. The van der Waals surface area contributed by atoms with E-state index in [0.29, 0.717) is 5.56 Å². The number of hydrogen-bond donors (Lipinski definition) is 2. The maximum absolute atomic E-state index is 9.05. The molecule has 21 heavy (non-hydrogen) atoms. The Morgan fingerprint density at radius 2 is 2.14 bits per heavy atom. The molecule has 1 saturated heterocycles. The summed E-state index contributed by atoms with van der Waals surface area (Å²) in [5.41, 5.74) is 7.49. The second-order valence-corrected chi connectivity index (χ2v) is 6.22. The lowest BCUT2D eigenvalue weighted by molar-refractivity contribution is 0.318. The van der Waals surface area contributed by atoms with Crippen molar-refractivity contribution in [3.63, 3.8) is 0 Å². The van der Waals surface area contributed by atoms with E-state index in [0.717, 1.165) is 42.0 Å². The van der Waals surface area contributed by atoms with Gasteiger partial charge < -0.3 is 15.8 Å². The number of nitrogens with two attached hydrogens (primary N) is 1. The van der Waals surface area contributed by atoms with Gasteiger partial charge in [0.25, 0.3) is 0 Å². The van der Waals surface area contributed by atoms with E-state index in [4.69, 9.17) is 15.9 Å². The smallest absolute Gasteiger partial charge is 0.173 e. The molecule has 1 aromatic heterocycles. The van der Waals surface area contributed by atoms with Gasteiger partial charge in [-0.15, -0.1) is 0 Å². The molecule has 2 aromatic rings. The number of amidine groups is 1. The van der Waals surface area contributed by atoms with Crippen molar-refractivity contribution >= 4 is 34.3 Å². The average molecular weight is 302 g/mol. The molecule has 3 N–H and O–H groups in total. The zero-order valence-corrected chi connectivity index (χ0v) is 12.5. The highest BCUT2D eigenvalue weighted by Gasteiger charge is 2.18. The summed E-state index contributed by atoms with van der Waals surface area (Å²) in [5.74, 6) is 3.17. The van der Waals surface area contributed by atoms with Gasteiger partial charge in [-0.1, -0.05) is 23.4 Å². The third kappa shape index (κ3) is 2.90. The van der Waals surface area contributed by atoms with E-state index in [9.17, 15) is 0 Å². The number of hydrogen-bond acceptors (Lipinski definition) is 5. The predicted octanol–water partition coefficient (Wildman–Crippen LogP) is 2.27. The zero-order valence-electron chi connectivity index (χ0n) is 11.7. The molecule has 1 aliphatic heterocycles. The van der Waals surface area contributed by atoms with Crippen molar-refractivity contribution in [2.45, 2.75) is 6.42 Å². The third-order valence-corrected chi connectivity index (χ3v) is 4.66. The van der Waals surface area contributed by atoms with Gasteiger partial charge >= 0.3 is 0 Å². The van der Waals surface area contributed by atoms with Crippen molar-refractivity contribution in [1.29, 1.82) is 0 Å². The normalized spacial score (nSPS) is 17.0. The first kappa shape index (κ1) is 14.0. The molecule has 1 aromatic carbocycles. The highest BCUT2D eigenvalue weighted by atomic mass is 32.2. The number of para-hydroxylation sites is 1. The number of pyridine rings is 1. The lowest BCUT2D eigenvalue weighted by Gasteiger charge is -2.24. The molecular weight excluding hydrogens is 284 g/mol. The fourth-order valence-electron chi connectivity index (χ4n) is 2.55. The molecule has 0 unspecified atom stereocenters. The minimum absolute atomic E-state index is 0.111. The van der Waals surface area contributed by atoms with Crippen molar-refractivity contribution in [2.75, 3.05) is 29.5 Å². The van der Waals surface area contributed by atoms with Gasteiger partial charge in [0.05, 0.1) is 11.1 Å². The molecule has 3 rings (SSSR count). The molecule has 2 heterocycles. The van der Waals surface area contributed by atoms with Crippen molar-refractivity contribution in [3.8, 4) is 0 Å². The summed E-state index contributed by atoms with van der Waals surface area (Å²) in [6, 6.07) is 9.85. The van der Waals surface area contributed by atoms with E-state index in [1.54, 1.807) is 0 Å². The third-order valence-electron chi connectivity index (χ3n) is 3.61. The first-order valence-electron chi connectivity index (χ1n) is 7.00. The number of nitrogens with zero attached hydrogens (tertiary/aromatic N) is 3. The zero-order chi connectivity index (χ0) is 14.7. The van der Waals surface area contributed by atoms with Gasteiger partial charge in [0, 0.05) is 24.2 Å². The quantitative estimate of drug-likeness (QED) is 0.385. The first-order chi connectivity index (χ1) is 10.3. The largest absolute Gasteiger partial charge is 0.409 e. The van der Waals surface area contributed by atoms with Crippen LogP contribution in [-0.2, 0) is 0 Å². The van der Waals surface area contributed by atoms with Crippen LogP contribution in [0.3, 0.4) is 0 Å². The number of oxime groups is 1. The van der Waals surface area contributed by atoms with Crippen LogP contribution in [0.1, 0.15) is 12.0 Å². The number of aromatic nitrogens is 1. The van der Waals surface area contributed by atoms with E-state index in [2.05, 4.69) is 10.1 Å². The van der Waals surface area contributed by atoms with Gasteiger partial charge in [-0.2, -0.15) is 11.8 Å². The van der Waals surface area contributed by atoms with Gasteiger partial charge in [-0.25, -0.2) is 4.98 Å². The maximum Gasteiger partial charge on any atom is 0.173 e. The molecule has 1 fully saturated rings. The van der Waals surface area contributed by atoms with Gasteiger partial charge in [0.1, 0.15) is 5.82 Å². The fraction of sp³-hybridized carbons (Fsp3) is 0.333. The van der Waals surface area contributed by atoms with Crippen molar-refractivity contribution in [1.82, 2.24) is 4.98 Å². The molecule has 0 saturated carbocycles. The Kier molecular flexibility index (Phi) is 4.15. The number of anilines is 1. The Hall–Kier alpha value is -1.95. The van der Waals surface area contributed by atoms with Crippen LogP contribution in [0.15, 0.2) is 35.5 Å². The Morgan fingerprint density at radius 3 is 3.00 bits per heavy atom. The van der Waals surface area contributed by atoms with Crippen LogP contribution in [0.5, 0.6) is 0 Å². The summed E-state index contributed by atoms with van der Waals surface area (Å²) in [5, 5.41) is 13.2. The SMILES string of the molecule is NC(=NO)c1cc2ccccc2nc1N1CCCSCC1. The Morgan fingerprint density at radius 1 is 1.29 bits per heavy atom. The summed E-state index contributed by atoms with van der Waals surface area (Å²) < 4.78 is 0. The molecule has 0 aliphatic carbocycles. The van der Waals surface area contributed by atoms with Crippen molar-refractivity contribution in [3.05, 3.63) is 35.9 Å². The highest BCUT2D eigenvalue weighted by Crippen LogP contribution is 2.25. The first-order valence-corrected chi connectivity index (χ1v) is 8.15. The van der Waals surface area contributed by atoms with Gasteiger partial charge in [-0.3, -0.25) is 0 Å². The predicted molar refractivity (Wildman–Crippen MR) is 88.4 cm³/mol. The second-order valence-electron chi connectivity index (χ2n) is 4.99. The lowest BCUT2D eigenvalue weighted by Crippen LogP contribution is -2.29. The molecule has 6 heteroatoms. The van der Waals surface area contributed by atoms with E-state index < -0.39 is 0 Å². The molecule has 0 atom stereocenters. The summed E-state index contributed by atoms with van der Waals surface area (Å²) in [6.07, 6.45) is 1.12. The maximum atomic E-state index is 9.05. The molecule has 0 spiro atoms. The molecule has 0 bridgehead atoms. The van der Waals surface area contributed by atoms with Gasteiger partial charge in [0.15, 0.2) is 5.84 Å². The van der Waals surface area contributed by atoms with E-state index >= 15 is 0 Å². The topological polar surface area (TPSA) is 74.7 Å². The minimum atomic E-state index is 0.111. The number of thioether (sulfide) groups is 1. The van der Waals surface area contributed by atoms with Gasteiger partial charge in [-0.05, 0) is 24.3 Å². The number of fused-ring (bicyclic) bond motifs is 1. The van der Waals surface area contributed by atoms with Crippen LogP contribution in [0, 0.1) is 0 Å². The molecular formula is C15H18N4OS. The summed E-state index contributed by atoms with van der Waals surface area (Å²) >= 11 is 1.96. The van der Waals surface area contributed by atoms with E-state index in [1.807, 2.05) is 42.1 Å². The highest BCUT2D eigenvalue weighted by molar-refractivity contribution is 7.99. The standard InChI is InChI=1S/C15H18N4OS/c16-14(18-20)12-10-11-4-1-2-5-13(11)17-15(12)19-6-3-8-21-9-7-19/h1-2,4-5,10,20H,3,6-9H2,(H2,16,18). The van der Waals surface area contributed by atoms with Crippen LogP contribution in [0.25, 0.3) is 10.9 Å². The van der Waals surface area contributed by atoms with Crippen LogP contribution >= 0.6 is 11.8 Å².